The van der Waals surface area contributed by atoms with Gasteiger partial charge < -0.3 is 19.9 Å². The fourth-order valence-electron chi connectivity index (χ4n) is 5.39. The zero-order chi connectivity index (χ0) is 29.1. The third-order valence-corrected chi connectivity index (χ3v) is 9.59. The molecule has 0 bridgehead atoms. The van der Waals surface area contributed by atoms with E-state index in [0.29, 0.717) is 56.4 Å². The van der Waals surface area contributed by atoms with Gasteiger partial charge in [-0.25, -0.2) is 8.70 Å². The molecule has 0 atom stereocenters. The third-order valence-electron chi connectivity index (χ3n) is 7.56. The number of likely N-dealkylation sites (tertiary alicyclic amines) is 1. The zero-order valence-corrected chi connectivity index (χ0v) is 23.4. The van der Waals surface area contributed by atoms with Crippen molar-refractivity contribution >= 4 is 33.6 Å². The maximum absolute atomic E-state index is 13.7. The number of halogens is 1. The van der Waals surface area contributed by atoms with Gasteiger partial charge in [-0.1, -0.05) is 12.1 Å². The molecule has 0 radical (unpaired) electrons. The molecule has 0 spiro atoms. The number of nitrogens with zero attached hydrogens (tertiary/aromatic N) is 4. The van der Waals surface area contributed by atoms with Crippen molar-refractivity contribution in [1.82, 2.24) is 24.1 Å². The Kier molecular flexibility index (Phi) is 8.59. The molecule has 5 rings (SSSR count). The van der Waals surface area contributed by atoms with Gasteiger partial charge in [-0.15, -0.1) is 10.8 Å². The number of hydrogen-bond donors (Lipinski definition) is 4. The SMILES string of the molecule is O=C(NCCCN1CCCC1=O)c1c(O)c2ncc(Cc3ccc(F)cc3)cc2n(CCN2CCCS2(O)O)c1=O. The molecule has 220 valence electrons. The number of aromatic nitrogens is 2. The molecule has 0 saturated carbocycles. The van der Waals surface area contributed by atoms with Crippen LogP contribution in [0.2, 0.25) is 0 Å². The molecule has 13 heteroatoms. The molecule has 4 N–H and O–H groups in total. The number of amides is 2. The Morgan fingerprint density at radius 1 is 1.05 bits per heavy atom. The third kappa shape index (κ3) is 6.38. The zero-order valence-electron chi connectivity index (χ0n) is 22.6. The molecule has 2 aromatic heterocycles. The number of pyridine rings is 2. The molecule has 2 aliphatic heterocycles. The van der Waals surface area contributed by atoms with Crippen LogP contribution in [0.3, 0.4) is 0 Å². The highest BCUT2D eigenvalue weighted by Crippen LogP contribution is 2.48. The van der Waals surface area contributed by atoms with Crippen LogP contribution in [-0.2, 0) is 17.8 Å². The molecule has 0 aliphatic carbocycles. The highest BCUT2D eigenvalue weighted by atomic mass is 32.3. The number of benzene rings is 1. The Bertz CT molecular complexity index is 1510. The first-order valence-electron chi connectivity index (χ1n) is 13.7. The van der Waals surface area contributed by atoms with Crippen molar-refractivity contribution < 1.29 is 28.2 Å². The van der Waals surface area contributed by atoms with Crippen LogP contribution in [0, 0.1) is 5.82 Å². The second kappa shape index (κ2) is 12.1. The van der Waals surface area contributed by atoms with E-state index in [-0.39, 0.29) is 42.6 Å². The number of nitrogens with one attached hydrogen (secondary N) is 1. The molecule has 2 aliphatic rings. The molecule has 41 heavy (non-hydrogen) atoms. The van der Waals surface area contributed by atoms with Crippen molar-refractivity contribution in [1.29, 1.82) is 0 Å². The maximum atomic E-state index is 13.7. The molecular formula is C28H34FN5O6S. The van der Waals surface area contributed by atoms with E-state index in [9.17, 15) is 33.0 Å². The van der Waals surface area contributed by atoms with Gasteiger partial charge in [0.25, 0.3) is 11.5 Å². The Morgan fingerprint density at radius 3 is 2.51 bits per heavy atom. The predicted molar refractivity (Wildman–Crippen MR) is 154 cm³/mol. The molecule has 4 heterocycles. The minimum absolute atomic E-state index is 0.0323. The van der Waals surface area contributed by atoms with E-state index in [0.717, 1.165) is 12.0 Å². The molecule has 3 aromatic rings. The lowest BCUT2D eigenvalue weighted by atomic mass is 10.1. The van der Waals surface area contributed by atoms with Crippen LogP contribution >= 0.6 is 10.8 Å². The van der Waals surface area contributed by atoms with E-state index in [4.69, 9.17) is 0 Å². The Labute approximate surface area is 238 Å². The lowest BCUT2D eigenvalue weighted by Gasteiger charge is -2.36. The Balaban J connectivity index is 1.43. The van der Waals surface area contributed by atoms with Crippen LogP contribution in [0.4, 0.5) is 4.39 Å². The lowest BCUT2D eigenvalue weighted by molar-refractivity contribution is -0.127. The van der Waals surface area contributed by atoms with Crippen molar-refractivity contribution in [3.63, 3.8) is 0 Å². The van der Waals surface area contributed by atoms with E-state index >= 15 is 0 Å². The van der Waals surface area contributed by atoms with Gasteiger partial charge in [0.1, 0.15) is 16.9 Å². The van der Waals surface area contributed by atoms with Gasteiger partial charge in [0.2, 0.25) is 5.91 Å². The number of aromatic hydroxyl groups is 1. The summed E-state index contributed by atoms with van der Waals surface area (Å²) in [5.74, 6) is -1.29. The van der Waals surface area contributed by atoms with E-state index in [1.807, 2.05) is 0 Å². The van der Waals surface area contributed by atoms with Crippen molar-refractivity contribution in [2.75, 3.05) is 38.5 Å². The first-order chi connectivity index (χ1) is 19.6. The van der Waals surface area contributed by atoms with Crippen molar-refractivity contribution in [2.45, 2.75) is 38.6 Å². The molecule has 0 unspecified atom stereocenters. The smallest absolute Gasteiger partial charge is 0.267 e. The predicted octanol–water partition coefficient (Wildman–Crippen LogP) is 2.95. The average molecular weight is 588 g/mol. The first kappa shape index (κ1) is 29.0. The monoisotopic (exact) mass is 587 g/mol. The summed E-state index contributed by atoms with van der Waals surface area (Å²) in [6, 6.07) is 7.70. The highest BCUT2D eigenvalue weighted by molar-refractivity contribution is 8.22. The summed E-state index contributed by atoms with van der Waals surface area (Å²) >= 11 is 0. The normalized spacial score (nSPS) is 17.8. The second-order valence-electron chi connectivity index (χ2n) is 10.4. The molecule has 2 saturated heterocycles. The quantitative estimate of drug-likeness (QED) is 0.265. The van der Waals surface area contributed by atoms with Crippen LogP contribution < -0.4 is 10.9 Å². The molecule has 2 fully saturated rings. The highest BCUT2D eigenvalue weighted by Gasteiger charge is 2.30. The Morgan fingerprint density at radius 2 is 1.83 bits per heavy atom. The number of carbonyl (C=O) groups excluding carboxylic acids is 2. The molecular weight excluding hydrogens is 553 g/mol. The Hall–Kier alpha value is -3.52. The van der Waals surface area contributed by atoms with Crippen molar-refractivity contribution in [2.24, 2.45) is 0 Å². The number of hydrogen-bond acceptors (Lipinski definition) is 8. The van der Waals surface area contributed by atoms with Gasteiger partial charge in [-0.3, -0.25) is 28.5 Å². The summed E-state index contributed by atoms with van der Waals surface area (Å²) in [5.41, 5.74) is 0.722. The van der Waals surface area contributed by atoms with Gasteiger partial charge in [-0.2, -0.15) is 0 Å². The molecule has 11 nitrogen and oxygen atoms in total. The summed E-state index contributed by atoms with van der Waals surface area (Å²) in [4.78, 5) is 44.8. The fraction of sp³-hybridized carbons (Fsp3) is 0.429. The van der Waals surface area contributed by atoms with Crippen LogP contribution in [-0.4, -0.2) is 83.3 Å². The molecule has 1 aromatic carbocycles. The largest absolute Gasteiger partial charge is 0.505 e. The van der Waals surface area contributed by atoms with Gasteiger partial charge in [0, 0.05) is 51.9 Å². The summed E-state index contributed by atoms with van der Waals surface area (Å²) in [6.07, 6.45) is 4.40. The van der Waals surface area contributed by atoms with Crippen LogP contribution in [0.1, 0.15) is 47.2 Å². The van der Waals surface area contributed by atoms with E-state index < -0.39 is 33.6 Å². The summed E-state index contributed by atoms with van der Waals surface area (Å²) < 4.78 is 36.9. The van der Waals surface area contributed by atoms with Crippen LogP contribution in [0.5, 0.6) is 5.75 Å². The topological polar surface area (TPSA) is 148 Å². The van der Waals surface area contributed by atoms with E-state index in [1.54, 1.807) is 23.1 Å². The molecule has 2 amide bonds. The fourth-order valence-corrected chi connectivity index (χ4v) is 6.96. The van der Waals surface area contributed by atoms with E-state index in [2.05, 4.69) is 10.3 Å². The van der Waals surface area contributed by atoms with Crippen LogP contribution in [0.15, 0.2) is 41.3 Å². The number of carbonyl (C=O) groups is 2. The second-order valence-corrected chi connectivity index (χ2v) is 12.6. The van der Waals surface area contributed by atoms with Gasteiger partial charge in [0.15, 0.2) is 5.75 Å². The van der Waals surface area contributed by atoms with Crippen molar-refractivity contribution in [3.05, 3.63) is 69.4 Å². The summed E-state index contributed by atoms with van der Waals surface area (Å²) in [5, 5.41) is 13.7. The van der Waals surface area contributed by atoms with Gasteiger partial charge >= 0.3 is 0 Å². The number of fused-ring (bicyclic) bond motifs is 1. The minimum Gasteiger partial charge on any atom is -0.505 e. The standard InChI is InChI=1S/C28H34FN5O6S/c29-21-7-5-19(6-8-21)16-20-17-22-25(31-18-20)26(36)24(27(37)30-9-2-11-32-10-1-4-23(32)35)28(38)34(22)14-13-33-12-3-15-41(33,39)40/h5-8,17-18,36,39-40H,1-4,9-16H2,(H,30,37). The maximum Gasteiger partial charge on any atom is 0.267 e. The van der Waals surface area contributed by atoms with Gasteiger partial charge in [0.05, 0.1) is 11.3 Å². The van der Waals surface area contributed by atoms with Crippen molar-refractivity contribution in [3.8, 4) is 5.75 Å². The minimum atomic E-state index is -2.92. The van der Waals surface area contributed by atoms with Crippen LogP contribution in [0.25, 0.3) is 11.0 Å². The summed E-state index contributed by atoms with van der Waals surface area (Å²) in [6.45, 7) is 2.04. The summed E-state index contributed by atoms with van der Waals surface area (Å²) in [7, 11) is -2.92. The van der Waals surface area contributed by atoms with E-state index in [1.165, 1.54) is 27.2 Å². The first-order valence-corrected chi connectivity index (χ1v) is 15.4. The van der Waals surface area contributed by atoms with Gasteiger partial charge in [-0.05, 0) is 55.0 Å². The lowest BCUT2D eigenvalue weighted by Crippen LogP contribution is -2.37. The number of rotatable bonds is 10. The average Bonchev–Trinajstić information content (AvgIpc) is 3.51.